The van der Waals surface area contributed by atoms with Gasteiger partial charge in [-0.2, -0.15) is 4.31 Å². The van der Waals surface area contributed by atoms with Gasteiger partial charge < -0.3 is 5.73 Å². The molecular formula is C14H21N3O2S2. The predicted octanol–water partition coefficient (Wildman–Crippen LogP) is 1.04. The lowest BCUT2D eigenvalue weighted by molar-refractivity contribution is 0.0801. The molecule has 1 aromatic carbocycles. The highest BCUT2D eigenvalue weighted by Gasteiger charge is 2.38. The molecule has 0 aromatic heterocycles. The zero-order valence-corrected chi connectivity index (χ0v) is 14.2. The monoisotopic (exact) mass is 327 g/mol. The molecule has 0 saturated carbocycles. The molecule has 0 unspecified atom stereocenters. The number of rotatable bonds is 3. The standard InChI is InChI=1S/C14H21N3O2S2/c1-14(2)10-17(9-8-16(14)3)21(18,19)12-7-5-4-6-11(12)13(15)20/h4-7H,8-10H2,1-3H3,(H2,15,20). The molecule has 5 nitrogen and oxygen atoms in total. The van der Waals surface area contributed by atoms with E-state index in [1.165, 1.54) is 4.31 Å². The predicted molar refractivity (Wildman–Crippen MR) is 87.8 cm³/mol. The number of nitrogens with two attached hydrogens (primary N) is 1. The molecule has 0 bridgehead atoms. The summed E-state index contributed by atoms with van der Waals surface area (Å²) in [7, 11) is -1.59. The molecule has 1 aromatic rings. The van der Waals surface area contributed by atoms with Crippen molar-refractivity contribution >= 4 is 27.2 Å². The third kappa shape index (κ3) is 3.11. The maximum absolute atomic E-state index is 12.9. The fourth-order valence-corrected chi connectivity index (χ4v) is 4.47. The summed E-state index contributed by atoms with van der Waals surface area (Å²) in [6.45, 7) is 5.68. The number of sulfonamides is 1. The lowest BCUT2D eigenvalue weighted by atomic mass is 10.0. The Kier molecular flexibility index (Phi) is 4.39. The van der Waals surface area contributed by atoms with Crippen LogP contribution in [-0.2, 0) is 10.0 Å². The molecule has 0 aliphatic carbocycles. The van der Waals surface area contributed by atoms with E-state index in [1.54, 1.807) is 24.3 Å². The first-order valence-electron chi connectivity index (χ1n) is 6.76. The van der Waals surface area contributed by atoms with Crippen molar-refractivity contribution in [3.8, 4) is 0 Å². The minimum atomic E-state index is -3.59. The number of hydrogen-bond donors (Lipinski definition) is 1. The summed E-state index contributed by atoms with van der Waals surface area (Å²) in [5, 5.41) is 0. The average Bonchev–Trinajstić information content (AvgIpc) is 2.41. The number of hydrogen-bond acceptors (Lipinski definition) is 4. The summed E-state index contributed by atoms with van der Waals surface area (Å²) in [5.41, 5.74) is 5.86. The van der Waals surface area contributed by atoms with Gasteiger partial charge in [0.25, 0.3) is 0 Å². The van der Waals surface area contributed by atoms with Crippen LogP contribution < -0.4 is 5.73 Å². The quantitative estimate of drug-likeness (QED) is 0.840. The second kappa shape index (κ2) is 5.64. The normalized spacial score (nSPS) is 20.3. The van der Waals surface area contributed by atoms with Gasteiger partial charge in [-0.05, 0) is 27.0 Å². The largest absolute Gasteiger partial charge is 0.389 e. The van der Waals surface area contributed by atoms with Crippen LogP contribution in [0.4, 0.5) is 0 Å². The van der Waals surface area contributed by atoms with Crippen molar-refractivity contribution in [2.45, 2.75) is 24.3 Å². The number of likely N-dealkylation sites (N-methyl/N-ethyl adjacent to an activating group) is 1. The van der Waals surface area contributed by atoms with Crippen molar-refractivity contribution in [1.82, 2.24) is 9.21 Å². The fourth-order valence-electron chi connectivity index (χ4n) is 2.43. The van der Waals surface area contributed by atoms with Gasteiger partial charge in [-0.25, -0.2) is 8.42 Å². The topological polar surface area (TPSA) is 66.6 Å². The van der Waals surface area contributed by atoms with E-state index in [4.69, 9.17) is 18.0 Å². The summed E-state index contributed by atoms with van der Waals surface area (Å²) in [6.07, 6.45) is 0. The molecule has 1 aliphatic rings. The Hall–Kier alpha value is -1.02. The molecule has 1 saturated heterocycles. The molecule has 0 spiro atoms. The van der Waals surface area contributed by atoms with Gasteiger partial charge in [0.2, 0.25) is 10.0 Å². The van der Waals surface area contributed by atoms with Gasteiger partial charge in [-0.15, -0.1) is 0 Å². The van der Waals surface area contributed by atoms with Gasteiger partial charge in [0, 0.05) is 30.7 Å². The van der Waals surface area contributed by atoms with Crippen LogP contribution in [-0.4, -0.2) is 54.8 Å². The van der Waals surface area contributed by atoms with Crippen molar-refractivity contribution in [2.75, 3.05) is 26.7 Å². The Morgan fingerprint density at radius 3 is 2.48 bits per heavy atom. The lowest BCUT2D eigenvalue weighted by Crippen LogP contribution is -2.58. The van der Waals surface area contributed by atoms with Crippen LogP contribution in [0.5, 0.6) is 0 Å². The summed E-state index contributed by atoms with van der Waals surface area (Å²) >= 11 is 4.97. The fraction of sp³-hybridized carbons (Fsp3) is 0.500. The lowest BCUT2D eigenvalue weighted by Gasteiger charge is -2.44. The Morgan fingerprint density at radius 1 is 1.29 bits per heavy atom. The molecule has 7 heteroatoms. The van der Waals surface area contributed by atoms with Crippen molar-refractivity contribution in [3.63, 3.8) is 0 Å². The van der Waals surface area contributed by atoms with Crippen LogP contribution >= 0.6 is 12.2 Å². The molecule has 0 radical (unpaired) electrons. The summed E-state index contributed by atoms with van der Waals surface area (Å²) < 4.78 is 27.3. The van der Waals surface area contributed by atoms with Crippen LogP contribution in [0.3, 0.4) is 0 Å². The highest BCUT2D eigenvalue weighted by Crippen LogP contribution is 2.26. The Morgan fingerprint density at radius 2 is 1.90 bits per heavy atom. The third-order valence-corrected chi connectivity index (χ3v) is 6.18. The molecule has 21 heavy (non-hydrogen) atoms. The molecule has 116 valence electrons. The van der Waals surface area contributed by atoms with Gasteiger partial charge in [0.15, 0.2) is 0 Å². The summed E-state index contributed by atoms with van der Waals surface area (Å²) in [6, 6.07) is 6.64. The van der Waals surface area contributed by atoms with Crippen LogP contribution in [0, 0.1) is 0 Å². The average molecular weight is 327 g/mol. The van der Waals surface area contributed by atoms with Crippen molar-refractivity contribution in [1.29, 1.82) is 0 Å². The molecule has 0 amide bonds. The Labute approximate surface area is 131 Å². The van der Waals surface area contributed by atoms with Crippen LogP contribution in [0.15, 0.2) is 29.2 Å². The molecule has 0 atom stereocenters. The second-order valence-corrected chi connectivity index (χ2v) is 8.28. The summed E-state index contributed by atoms with van der Waals surface area (Å²) in [4.78, 5) is 2.46. The van der Waals surface area contributed by atoms with Crippen LogP contribution in [0.1, 0.15) is 19.4 Å². The molecule has 1 aliphatic heterocycles. The molecule has 1 fully saturated rings. The van der Waals surface area contributed by atoms with Crippen LogP contribution in [0.2, 0.25) is 0 Å². The number of nitrogens with zero attached hydrogens (tertiary/aromatic N) is 2. The van der Waals surface area contributed by atoms with Gasteiger partial charge in [-0.3, -0.25) is 4.90 Å². The van der Waals surface area contributed by atoms with E-state index in [-0.39, 0.29) is 15.4 Å². The van der Waals surface area contributed by atoms with Crippen molar-refractivity contribution < 1.29 is 8.42 Å². The number of thiocarbonyl (C=S) groups is 1. The maximum Gasteiger partial charge on any atom is 0.243 e. The molecule has 2 rings (SSSR count). The van der Waals surface area contributed by atoms with Crippen LogP contribution in [0.25, 0.3) is 0 Å². The molecule has 1 heterocycles. The van der Waals surface area contributed by atoms with Gasteiger partial charge >= 0.3 is 0 Å². The SMILES string of the molecule is CN1CCN(S(=O)(=O)c2ccccc2C(N)=S)CC1(C)C. The first-order chi connectivity index (χ1) is 9.66. The van der Waals surface area contributed by atoms with E-state index < -0.39 is 10.0 Å². The van der Waals surface area contributed by atoms with E-state index in [2.05, 4.69) is 4.90 Å². The smallest absolute Gasteiger partial charge is 0.243 e. The Bertz CT molecular complexity index is 656. The summed E-state index contributed by atoms with van der Waals surface area (Å²) in [5.74, 6) is 0. The first kappa shape index (κ1) is 16.4. The number of benzene rings is 1. The van der Waals surface area contributed by atoms with Gasteiger partial charge in [-0.1, -0.05) is 30.4 Å². The Balaban J connectivity index is 2.42. The zero-order valence-electron chi connectivity index (χ0n) is 12.5. The zero-order chi connectivity index (χ0) is 15.8. The molecular weight excluding hydrogens is 306 g/mol. The van der Waals surface area contributed by atoms with Gasteiger partial charge in [0.1, 0.15) is 4.99 Å². The third-order valence-electron chi connectivity index (χ3n) is 4.05. The minimum absolute atomic E-state index is 0.0996. The minimum Gasteiger partial charge on any atom is -0.389 e. The van der Waals surface area contributed by atoms with Gasteiger partial charge in [0.05, 0.1) is 4.90 Å². The van der Waals surface area contributed by atoms with Crippen molar-refractivity contribution in [3.05, 3.63) is 29.8 Å². The second-order valence-electron chi connectivity index (χ2n) is 5.93. The van der Waals surface area contributed by atoms with E-state index in [0.29, 0.717) is 25.2 Å². The van der Waals surface area contributed by atoms with E-state index >= 15 is 0 Å². The first-order valence-corrected chi connectivity index (χ1v) is 8.61. The van der Waals surface area contributed by atoms with E-state index in [1.807, 2.05) is 20.9 Å². The van der Waals surface area contributed by atoms with E-state index in [0.717, 1.165) is 0 Å². The number of piperazine rings is 1. The highest BCUT2D eigenvalue weighted by molar-refractivity contribution is 7.89. The maximum atomic E-state index is 12.9. The van der Waals surface area contributed by atoms with E-state index in [9.17, 15) is 8.42 Å². The molecule has 2 N–H and O–H groups in total. The van der Waals surface area contributed by atoms with Crippen molar-refractivity contribution in [2.24, 2.45) is 5.73 Å². The highest BCUT2D eigenvalue weighted by atomic mass is 32.2.